The number of nitrogens with zero attached hydrogens (tertiary/aromatic N) is 1. The summed E-state index contributed by atoms with van der Waals surface area (Å²) in [7, 11) is 0. The van der Waals surface area contributed by atoms with Gasteiger partial charge in [-0.05, 0) is 65.6 Å². The van der Waals surface area contributed by atoms with E-state index in [1.807, 2.05) is 120 Å². The SMILES string of the molecule is O=C(N[C@H](Cc1ccccc1)c1ccccc1)c1ccc(N[C@H]2c3ccccc3C(=O)N2Cc2ccc3c(c2)OCO3)cc1. The molecule has 2 amide bonds. The Labute approximate surface area is 256 Å². The monoisotopic (exact) mass is 581 g/mol. The second-order valence-electron chi connectivity index (χ2n) is 11.0. The normalized spacial score (nSPS) is 15.5. The van der Waals surface area contributed by atoms with Gasteiger partial charge in [-0.2, -0.15) is 0 Å². The van der Waals surface area contributed by atoms with Crippen molar-refractivity contribution in [2.45, 2.75) is 25.2 Å². The van der Waals surface area contributed by atoms with E-state index >= 15 is 0 Å². The lowest BCUT2D eigenvalue weighted by atomic mass is 9.98. The van der Waals surface area contributed by atoms with Gasteiger partial charge in [0.15, 0.2) is 11.5 Å². The van der Waals surface area contributed by atoms with E-state index in [1.54, 1.807) is 0 Å². The highest BCUT2D eigenvalue weighted by Crippen LogP contribution is 2.38. The Hall–Kier alpha value is -5.56. The van der Waals surface area contributed by atoms with E-state index in [1.165, 1.54) is 0 Å². The molecule has 2 aliphatic rings. The molecule has 0 aliphatic carbocycles. The average Bonchev–Trinajstić information content (AvgIpc) is 3.64. The molecule has 5 aromatic carbocycles. The van der Waals surface area contributed by atoms with Gasteiger partial charge in [0.1, 0.15) is 6.17 Å². The smallest absolute Gasteiger partial charge is 0.256 e. The van der Waals surface area contributed by atoms with Crippen LogP contribution in [0.5, 0.6) is 11.5 Å². The van der Waals surface area contributed by atoms with Crippen molar-refractivity contribution in [3.8, 4) is 11.5 Å². The summed E-state index contributed by atoms with van der Waals surface area (Å²) in [4.78, 5) is 28.7. The topological polar surface area (TPSA) is 79.9 Å². The summed E-state index contributed by atoms with van der Waals surface area (Å²) in [5, 5.41) is 6.76. The lowest BCUT2D eigenvalue weighted by Crippen LogP contribution is -2.32. The van der Waals surface area contributed by atoms with Gasteiger partial charge in [0, 0.05) is 28.9 Å². The molecule has 0 spiro atoms. The fourth-order valence-corrected chi connectivity index (χ4v) is 5.83. The number of hydrogen-bond acceptors (Lipinski definition) is 5. The Kier molecular flexibility index (Phi) is 7.42. The third-order valence-corrected chi connectivity index (χ3v) is 8.09. The van der Waals surface area contributed by atoms with E-state index in [2.05, 4.69) is 22.8 Å². The number of ether oxygens (including phenoxy) is 2. The van der Waals surface area contributed by atoms with Gasteiger partial charge >= 0.3 is 0 Å². The van der Waals surface area contributed by atoms with Crippen LogP contribution in [0.3, 0.4) is 0 Å². The van der Waals surface area contributed by atoms with Crippen molar-refractivity contribution in [1.82, 2.24) is 10.2 Å². The first-order valence-electron chi connectivity index (χ1n) is 14.7. The minimum Gasteiger partial charge on any atom is -0.454 e. The van der Waals surface area contributed by atoms with Crippen molar-refractivity contribution >= 4 is 17.5 Å². The molecule has 0 fully saturated rings. The van der Waals surface area contributed by atoms with Gasteiger partial charge < -0.3 is 25.0 Å². The molecule has 0 saturated heterocycles. The molecule has 0 saturated carbocycles. The molecule has 0 bridgehead atoms. The maximum absolute atomic E-state index is 13.5. The summed E-state index contributed by atoms with van der Waals surface area (Å²) < 4.78 is 11.0. The third kappa shape index (κ3) is 5.60. The van der Waals surface area contributed by atoms with Gasteiger partial charge in [0.05, 0.1) is 6.04 Å². The molecule has 2 atom stereocenters. The van der Waals surface area contributed by atoms with Gasteiger partial charge in [-0.1, -0.05) is 84.9 Å². The Morgan fingerprint density at radius 3 is 2.27 bits per heavy atom. The van der Waals surface area contributed by atoms with Crippen molar-refractivity contribution < 1.29 is 19.1 Å². The number of anilines is 1. The highest BCUT2D eigenvalue weighted by atomic mass is 16.7. The Bertz CT molecular complexity index is 1790. The van der Waals surface area contributed by atoms with Gasteiger partial charge in [-0.15, -0.1) is 0 Å². The van der Waals surface area contributed by atoms with Crippen LogP contribution in [0.25, 0.3) is 0 Å². The van der Waals surface area contributed by atoms with Crippen molar-refractivity contribution in [3.05, 3.63) is 161 Å². The van der Waals surface area contributed by atoms with E-state index in [4.69, 9.17) is 9.47 Å². The van der Waals surface area contributed by atoms with E-state index in [0.717, 1.165) is 27.9 Å². The molecule has 7 heteroatoms. The number of rotatable bonds is 9. The minimum absolute atomic E-state index is 0.0443. The molecular formula is C37H31N3O4. The first-order valence-corrected chi connectivity index (χ1v) is 14.7. The second-order valence-corrected chi connectivity index (χ2v) is 11.0. The highest BCUT2D eigenvalue weighted by Gasteiger charge is 2.36. The molecule has 44 heavy (non-hydrogen) atoms. The summed E-state index contributed by atoms with van der Waals surface area (Å²) in [6.07, 6.45) is 0.307. The lowest BCUT2D eigenvalue weighted by molar-refractivity contribution is 0.0728. The first kappa shape index (κ1) is 27.3. The van der Waals surface area contributed by atoms with Gasteiger partial charge in [0.2, 0.25) is 6.79 Å². The Balaban J connectivity index is 1.09. The van der Waals surface area contributed by atoms with Crippen LogP contribution in [-0.2, 0) is 13.0 Å². The quantitative estimate of drug-likeness (QED) is 0.198. The lowest BCUT2D eigenvalue weighted by Gasteiger charge is -2.27. The maximum Gasteiger partial charge on any atom is 0.256 e. The van der Waals surface area contributed by atoms with Crippen LogP contribution in [0.2, 0.25) is 0 Å². The van der Waals surface area contributed by atoms with E-state index in [-0.39, 0.29) is 30.8 Å². The van der Waals surface area contributed by atoms with E-state index in [0.29, 0.717) is 35.6 Å². The van der Waals surface area contributed by atoms with Crippen LogP contribution < -0.4 is 20.1 Å². The summed E-state index contributed by atoms with van der Waals surface area (Å²) in [6, 6.07) is 40.8. The molecular weight excluding hydrogens is 550 g/mol. The Morgan fingerprint density at radius 1 is 0.773 bits per heavy atom. The number of carbonyl (C=O) groups excluding carboxylic acids is 2. The van der Waals surface area contributed by atoms with Crippen molar-refractivity contribution in [1.29, 1.82) is 0 Å². The van der Waals surface area contributed by atoms with Crippen molar-refractivity contribution in [3.63, 3.8) is 0 Å². The number of nitrogens with one attached hydrogen (secondary N) is 2. The fourth-order valence-electron chi connectivity index (χ4n) is 5.83. The Morgan fingerprint density at radius 2 is 1.48 bits per heavy atom. The zero-order valence-electron chi connectivity index (χ0n) is 24.0. The van der Waals surface area contributed by atoms with Crippen LogP contribution >= 0.6 is 0 Å². The molecule has 5 aromatic rings. The van der Waals surface area contributed by atoms with Crippen LogP contribution in [0.15, 0.2) is 127 Å². The zero-order chi connectivity index (χ0) is 29.9. The molecule has 2 heterocycles. The van der Waals surface area contributed by atoms with Crippen LogP contribution in [-0.4, -0.2) is 23.5 Å². The number of benzene rings is 5. The first-order chi connectivity index (χ1) is 21.6. The number of fused-ring (bicyclic) bond motifs is 2. The van der Waals surface area contributed by atoms with Crippen molar-refractivity contribution in [2.75, 3.05) is 12.1 Å². The third-order valence-electron chi connectivity index (χ3n) is 8.09. The summed E-state index contributed by atoms with van der Waals surface area (Å²) in [5.74, 6) is 1.20. The molecule has 218 valence electrons. The van der Waals surface area contributed by atoms with Gasteiger partial charge in [-0.25, -0.2) is 0 Å². The predicted molar refractivity (Wildman–Crippen MR) is 168 cm³/mol. The molecule has 2 aliphatic heterocycles. The predicted octanol–water partition coefficient (Wildman–Crippen LogP) is 6.90. The van der Waals surface area contributed by atoms with Crippen molar-refractivity contribution in [2.24, 2.45) is 0 Å². The van der Waals surface area contributed by atoms with E-state index in [9.17, 15) is 9.59 Å². The van der Waals surface area contributed by atoms with Gasteiger partial charge in [0.25, 0.3) is 11.8 Å². The summed E-state index contributed by atoms with van der Waals surface area (Å²) in [6.45, 7) is 0.593. The van der Waals surface area contributed by atoms with Crippen LogP contribution in [0.4, 0.5) is 5.69 Å². The van der Waals surface area contributed by atoms with E-state index < -0.39 is 0 Å². The number of hydrogen-bond donors (Lipinski definition) is 2. The van der Waals surface area contributed by atoms with Crippen LogP contribution in [0.1, 0.15) is 55.2 Å². The minimum atomic E-state index is -0.378. The number of amides is 2. The number of carbonyl (C=O) groups is 2. The average molecular weight is 582 g/mol. The maximum atomic E-state index is 13.5. The second kappa shape index (κ2) is 12.0. The fraction of sp³-hybridized carbons (Fsp3) is 0.135. The standard InChI is InChI=1S/C37H31N3O4/c41-36(39-32(27-11-5-2-6-12-27)21-25-9-3-1-4-10-25)28-16-18-29(19-17-28)38-35-30-13-7-8-14-31(30)37(42)40(35)23-26-15-20-33-34(22-26)44-24-43-33/h1-20,22,32,35,38H,21,23-24H2,(H,39,41)/t32-,35-/m1/s1. The molecule has 7 rings (SSSR count). The summed E-state index contributed by atoms with van der Waals surface area (Å²) in [5.41, 5.74) is 6.09. The molecule has 2 N–H and O–H groups in total. The largest absolute Gasteiger partial charge is 0.454 e. The summed E-state index contributed by atoms with van der Waals surface area (Å²) >= 11 is 0. The van der Waals surface area contributed by atoms with Gasteiger partial charge in [-0.3, -0.25) is 9.59 Å². The zero-order valence-corrected chi connectivity index (χ0v) is 24.0. The van der Waals surface area contributed by atoms with Crippen LogP contribution in [0, 0.1) is 0 Å². The highest BCUT2D eigenvalue weighted by molar-refractivity contribution is 5.99. The molecule has 7 nitrogen and oxygen atoms in total. The molecule has 0 aromatic heterocycles. The molecule has 0 unspecified atom stereocenters. The molecule has 0 radical (unpaired) electrons.